The van der Waals surface area contributed by atoms with E-state index in [2.05, 4.69) is 69.2 Å². The van der Waals surface area contributed by atoms with Gasteiger partial charge in [0, 0.05) is 0 Å². The first-order valence-electron chi connectivity index (χ1n) is 11.5. The second kappa shape index (κ2) is 12.5. The highest BCUT2D eigenvalue weighted by Crippen LogP contribution is 2.30. The zero-order valence-corrected chi connectivity index (χ0v) is 20.7. The first kappa shape index (κ1) is 27.8. The maximum atomic E-state index is 5.83. The van der Waals surface area contributed by atoms with Crippen molar-refractivity contribution in [2.24, 2.45) is 0 Å². The fourth-order valence-corrected chi connectivity index (χ4v) is 2.82. The molecule has 0 fully saturated rings. The lowest BCUT2D eigenvalue weighted by Gasteiger charge is -2.34. The van der Waals surface area contributed by atoms with Crippen molar-refractivity contribution in [2.45, 2.75) is 156 Å². The smallest absolute Gasteiger partial charge is 0.0981 e. The van der Waals surface area contributed by atoms with Crippen LogP contribution in [0.25, 0.3) is 0 Å². The maximum Gasteiger partial charge on any atom is 0.0981 e. The van der Waals surface area contributed by atoms with E-state index in [0.29, 0.717) is 0 Å². The summed E-state index contributed by atoms with van der Waals surface area (Å²) < 4.78 is 0. The third-order valence-electron chi connectivity index (χ3n) is 5.08. The molecule has 28 heavy (non-hydrogen) atoms. The fourth-order valence-electron chi connectivity index (χ4n) is 2.82. The van der Waals surface area contributed by atoms with Gasteiger partial charge in [-0.15, -0.1) is 0 Å². The molecule has 0 aromatic rings. The molecule has 170 valence electrons. The Morgan fingerprint density at radius 1 is 0.393 bits per heavy atom. The lowest BCUT2D eigenvalue weighted by molar-refractivity contribution is -0.414. The summed E-state index contributed by atoms with van der Waals surface area (Å²) in [4.78, 5) is 23.3. The molecule has 0 spiro atoms. The van der Waals surface area contributed by atoms with Gasteiger partial charge < -0.3 is 0 Å². The third-order valence-corrected chi connectivity index (χ3v) is 5.08. The van der Waals surface area contributed by atoms with Crippen LogP contribution >= 0.6 is 0 Å². The molecule has 0 saturated heterocycles. The predicted octanol–water partition coefficient (Wildman–Crippen LogP) is 7.94. The van der Waals surface area contributed by atoms with Gasteiger partial charge in [-0.05, 0) is 81.1 Å². The first-order valence-corrected chi connectivity index (χ1v) is 11.5. The highest BCUT2D eigenvalue weighted by atomic mass is 17.2. The van der Waals surface area contributed by atoms with Gasteiger partial charge in [-0.25, -0.2) is 19.6 Å². The average Bonchev–Trinajstić information content (AvgIpc) is 2.58. The van der Waals surface area contributed by atoms with E-state index in [1.807, 2.05) is 0 Å². The van der Waals surface area contributed by atoms with E-state index >= 15 is 0 Å². The summed E-state index contributed by atoms with van der Waals surface area (Å²) in [6, 6.07) is 0. The van der Waals surface area contributed by atoms with Crippen molar-refractivity contribution in [1.82, 2.24) is 0 Å². The molecule has 0 atom stereocenters. The Bertz CT molecular complexity index is 361. The summed E-state index contributed by atoms with van der Waals surface area (Å²) in [5.74, 6) is 0. The fraction of sp³-hybridized carbons (Fsp3) is 1.00. The minimum absolute atomic E-state index is 0.260. The van der Waals surface area contributed by atoms with E-state index in [9.17, 15) is 0 Å². The van der Waals surface area contributed by atoms with Crippen LogP contribution in [-0.2, 0) is 19.6 Å². The zero-order valence-electron chi connectivity index (χ0n) is 20.7. The second-order valence-corrected chi connectivity index (χ2v) is 10.8. The molecule has 0 saturated carbocycles. The van der Waals surface area contributed by atoms with Crippen LogP contribution in [0.15, 0.2) is 0 Å². The molecule has 0 aliphatic heterocycles. The van der Waals surface area contributed by atoms with Crippen LogP contribution in [0.4, 0.5) is 0 Å². The van der Waals surface area contributed by atoms with Crippen LogP contribution in [0, 0.1) is 0 Å². The molecule has 0 aliphatic rings. The number of hydrogen-bond donors (Lipinski definition) is 0. The molecular weight excluding hydrogens is 352 g/mol. The summed E-state index contributed by atoms with van der Waals surface area (Å²) in [5.41, 5.74) is -1.27. The van der Waals surface area contributed by atoms with Crippen LogP contribution in [0.2, 0.25) is 0 Å². The molecule has 4 nitrogen and oxygen atoms in total. The van der Waals surface area contributed by atoms with Gasteiger partial charge in [0.15, 0.2) is 0 Å². The summed E-state index contributed by atoms with van der Waals surface area (Å²) in [7, 11) is 0. The minimum Gasteiger partial charge on any atom is -0.230 e. The molecule has 0 unspecified atom stereocenters. The Balaban J connectivity index is 4.35. The van der Waals surface area contributed by atoms with E-state index < -0.39 is 0 Å². The van der Waals surface area contributed by atoms with E-state index in [0.717, 1.165) is 25.7 Å². The Morgan fingerprint density at radius 2 is 0.643 bits per heavy atom. The van der Waals surface area contributed by atoms with E-state index in [1.54, 1.807) is 0 Å². The third kappa shape index (κ3) is 14.8. The molecule has 0 radical (unpaired) electrons. The first-order chi connectivity index (χ1) is 12.7. The standard InChI is InChI=1S/C24H50O4/c1-11-13-15-17-21(3,4)25-27-23(7,8)19-20-24(9,10)28-26-22(5,6)18-16-14-12-2/h11-20H2,1-10H3. The molecule has 0 bridgehead atoms. The van der Waals surface area contributed by atoms with Crippen molar-refractivity contribution in [3.05, 3.63) is 0 Å². The Kier molecular flexibility index (Phi) is 12.4. The topological polar surface area (TPSA) is 36.9 Å². The van der Waals surface area contributed by atoms with E-state index in [-0.39, 0.29) is 22.4 Å². The second-order valence-electron chi connectivity index (χ2n) is 10.8. The zero-order chi connectivity index (χ0) is 21.9. The van der Waals surface area contributed by atoms with Crippen LogP contribution in [0.5, 0.6) is 0 Å². The Morgan fingerprint density at radius 3 is 0.893 bits per heavy atom. The molecule has 0 amide bonds. The van der Waals surface area contributed by atoms with Gasteiger partial charge in [-0.1, -0.05) is 52.4 Å². The summed E-state index contributed by atoms with van der Waals surface area (Å²) in [6.07, 6.45) is 10.9. The Labute approximate surface area is 175 Å². The Hall–Kier alpha value is -0.160. The molecule has 0 heterocycles. The molecule has 0 aromatic carbocycles. The summed E-state index contributed by atoms with van der Waals surface area (Å²) >= 11 is 0. The van der Waals surface area contributed by atoms with E-state index in [4.69, 9.17) is 19.6 Å². The lowest BCUT2D eigenvalue weighted by Crippen LogP contribution is -2.36. The normalized spacial score (nSPS) is 13.9. The lowest BCUT2D eigenvalue weighted by atomic mass is 9.94. The summed E-state index contributed by atoms with van der Waals surface area (Å²) in [6.45, 7) is 21.1. The maximum absolute atomic E-state index is 5.83. The highest BCUT2D eigenvalue weighted by Gasteiger charge is 2.31. The van der Waals surface area contributed by atoms with Crippen LogP contribution in [0.1, 0.15) is 133 Å². The molecule has 0 rings (SSSR count). The van der Waals surface area contributed by atoms with Gasteiger partial charge >= 0.3 is 0 Å². The number of rotatable bonds is 17. The van der Waals surface area contributed by atoms with Gasteiger partial charge in [0.25, 0.3) is 0 Å². The van der Waals surface area contributed by atoms with Crippen LogP contribution in [0.3, 0.4) is 0 Å². The van der Waals surface area contributed by atoms with Gasteiger partial charge in [0.2, 0.25) is 0 Å². The largest absolute Gasteiger partial charge is 0.230 e. The van der Waals surface area contributed by atoms with Gasteiger partial charge in [0.1, 0.15) is 0 Å². The van der Waals surface area contributed by atoms with Crippen LogP contribution < -0.4 is 0 Å². The molecular formula is C24H50O4. The summed E-state index contributed by atoms with van der Waals surface area (Å²) in [5, 5.41) is 0. The molecule has 0 N–H and O–H groups in total. The number of hydrogen-bond acceptors (Lipinski definition) is 4. The van der Waals surface area contributed by atoms with Gasteiger partial charge in [-0.2, -0.15) is 0 Å². The van der Waals surface area contributed by atoms with E-state index in [1.165, 1.54) is 38.5 Å². The quantitative estimate of drug-likeness (QED) is 0.140. The van der Waals surface area contributed by atoms with Crippen molar-refractivity contribution in [1.29, 1.82) is 0 Å². The SMILES string of the molecule is CCCCCC(C)(C)OOC(C)(C)CCC(C)(C)OOC(C)(C)CCCCC. The predicted molar refractivity (Wildman–Crippen MR) is 118 cm³/mol. The van der Waals surface area contributed by atoms with Crippen molar-refractivity contribution in [2.75, 3.05) is 0 Å². The van der Waals surface area contributed by atoms with Gasteiger partial charge in [-0.3, -0.25) is 0 Å². The molecule has 0 aromatic heterocycles. The molecule has 0 aliphatic carbocycles. The van der Waals surface area contributed by atoms with Crippen LogP contribution in [-0.4, -0.2) is 22.4 Å². The monoisotopic (exact) mass is 402 g/mol. The molecule has 4 heteroatoms. The van der Waals surface area contributed by atoms with Crippen molar-refractivity contribution < 1.29 is 19.6 Å². The van der Waals surface area contributed by atoms with Crippen molar-refractivity contribution in [3.63, 3.8) is 0 Å². The van der Waals surface area contributed by atoms with Crippen molar-refractivity contribution in [3.8, 4) is 0 Å². The average molecular weight is 403 g/mol. The minimum atomic E-state index is -0.376. The van der Waals surface area contributed by atoms with Gasteiger partial charge in [0.05, 0.1) is 22.4 Å². The highest BCUT2D eigenvalue weighted by molar-refractivity contribution is 4.76. The van der Waals surface area contributed by atoms with Crippen molar-refractivity contribution >= 4 is 0 Å². The number of unbranched alkanes of at least 4 members (excludes halogenated alkanes) is 4.